The van der Waals surface area contributed by atoms with Gasteiger partial charge < -0.3 is 15.5 Å². The van der Waals surface area contributed by atoms with Crippen LogP contribution in [0.3, 0.4) is 0 Å². The fraction of sp³-hybridized carbons (Fsp3) is 0.636. The van der Waals surface area contributed by atoms with Gasteiger partial charge in [-0.25, -0.2) is 4.98 Å². The van der Waals surface area contributed by atoms with Crippen LogP contribution in [0.15, 0.2) is 6.20 Å². The summed E-state index contributed by atoms with van der Waals surface area (Å²) in [5.41, 5.74) is 5.53. The molecule has 94 valence electrons. The van der Waals surface area contributed by atoms with Gasteiger partial charge in [-0.05, 0) is 26.4 Å². The van der Waals surface area contributed by atoms with E-state index >= 15 is 0 Å². The molecule has 1 saturated heterocycles. The number of hydrogen-bond acceptors (Lipinski definition) is 5. The van der Waals surface area contributed by atoms with Gasteiger partial charge in [-0.2, -0.15) is 0 Å². The van der Waals surface area contributed by atoms with E-state index in [-0.39, 0.29) is 5.91 Å². The Morgan fingerprint density at radius 3 is 3.06 bits per heavy atom. The summed E-state index contributed by atoms with van der Waals surface area (Å²) in [7, 11) is 3.95. The number of amides is 1. The van der Waals surface area contributed by atoms with Crippen molar-refractivity contribution in [1.82, 2.24) is 14.8 Å². The van der Waals surface area contributed by atoms with Crippen LogP contribution in [-0.2, 0) is 0 Å². The van der Waals surface area contributed by atoms with Crippen molar-refractivity contribution < 1.29 is 4.79 Å². The standard InChI is InChI=1S/C11H18N4OS/c1-14-5-3-4-8(14)7-15(2)10(16)9-6-13-11(12)17-9/h6,8H,3-5,7H2,1-2H3,(H2,12,13). The molecule has 2 N–H and O–H groups in total. The average molecular weight is 254 g/mol. The summed E-state index contributed by atoms with van der Waals surface area (Å²) in [6.07, 6.45) is 3.94. The third-order valence-corrected chi connectivity index (χ3v) is 4.05. The Bertz CT molecular complexity index is 406. The molecular formula is C11H18N4OS. The SMILES string of the molecule is CN(CC1CCCN1C)C(=O)c1cnc(N)s1. The molecule has 1 atom stereocenters. The molecule has 1 fully saturated rings. The highest BCUT2D eigenvalue weighted by Gasteiger charge is 2.24. The van der Waals surface area contributed by atoms with Gasteiger partial charge in [0.1, 0.15) is 4.88 Å². The molecule has 2 rings (SSSR count). The highest BCUT2D eigenvalue weighted by atomic mass is 32.1. The number of aromatic nitrogens is 1. The van der Waals surface area contributed by atoms with Crippen molar-refractivity contribution in [2.75, 3.05) is 32.9 Å². The first-order valence-corrected chi connectivity index (χ1v) is 6.56. The minimum Gasteiger partial charge on any atom is -0.375 e. The number of carbonyl (C=O) groups excluding carboxylic acids is 1. The molecule has 1 aliphatic heterocycles. The van der Waals surface area contributed by atoms with E-state index in [4.69, 9.17) is 5.73 Å². The summed E-state index contributed by atoms with van der Waals surface area (Å²) in [6, 6.07) is 0.481. The number of rotatable bonds is 3. The monoisotopic (exact) mass is 254 g/mol. The number of nitrogen functional groups attached to an aromatic ring is 1. The van der Waals surface area contributed by atoms with Gasteiger partial charge in [0.25, 0.3) is 5.91 Å². The van der Waals surface area contributed by atoms with Crippen molar-refractivity contribution in [2.45, 2.75) is 18.9 Å². The van der Waals surface area contributed by atoms with Crippen molar-refractivity contribution in [3.05, 3.63) is 11.1 Å². The van der Waals surface area contributed by atoms with E-state index < -0.39 is 0 Å². The Balaban J connectivity index is 1.95. The normalized spacial score (nSPS) is 20.7. The fourth-order valence-corrected chi connectivity index (χ4v) is 2.86. The van der Waals surface area contributed by atoms with E-state index in [0.717, 1.165) is 13.1 Å². The van der Waals surface area contributed by atoms with Gasteiger partial charge in [0.2, 0.25) is 0 Å². The third kappa shape index (κ3) is 2.76. The van der Waals surface area contributed by atoms with Crippen LogP contribution in [0.1, 0.15) is 22.5 Å². The summed E-state index contributed by atoms with van der Waals surface area (Å²) < 4.78 is 0. The van der Waals surface area contributed by atoms with Gasteiger partial charge in [-0.15, -0.1) is 0 Å². The maximum atomic E-state index is 12.1. The average Bonchev–Trinajstić information content (AvgIpc) is 2.88. The minimum absolute atomic E-state index is 0.0134. The number of anilines is 1. The summed E-state index contributed by atoms with van der Waals surface area (Å²) >= 11 is 1.24. The zero-order valence-electron chi connectivity index (χ0n) is 10.2. The molecule has 2 heterocycles. The number of hydrogen-bond donors (Lipinski definition) is 1. The predicted octanol–water partition coefficient (Wildman–Crippen LogP) is 0.891. The number of nitrogens with zero attached hydrogens (tertiary/aromatic N) is 3. The van der Waals surface area contributed by atoms with Crippen LogP contribution in [0.5, 0.6) is 0 Å². The zero-order chi connectivity index (χ0) is 12.4. The lowest BCUT2D eigenvalue weighted by Crippen LogP contribution is -2.39. The number of nitrogens with two attached hydrogens (primary N) is 1. The summed E-state index contributed by atoms with van der Waals surface area (Å²) in [5, 5.41) is 0.444. The molecule has 1 amide bonds. The van der Waals surface area contributed by atoms with Crippen molar-refractivity contribution in [3.63, 3.8) is 0 Å². The largest absolute Gasteiger partial charge is 0.375 e. The number of carbonyl (C=O) groups is 1. The second-order valence-electron chi connectivity index (χ2n) is 4.53. The van der Waals surface area contributed by atoms with Gasteiger partial charge in [0, 0.05) is 19.6 Å². The molecule has 0 radical (unpaired) electrons. The van der Waals surface area contributed by atoms with Gasteiger partial charge in [-0.3, -0.25) is 4.79 Å². The highest BCUT2D eigenvalue weighted by Crippen LogP contribution is 2.19. The lowest BCUT2D eigenvalue weighted by Gasteiger charge is -2.25. The van der Waals surface area contributed by atoms with Crippen LogP contribution >= 0.6 is 11.3 Å². The first kappa shape index (κ1) is 12.3. The second kappa shape index (κ2) is 5.01. The molecule has 1 unspecified atom stereocenters. The van der Waals surface area contributed by atoms with E-state index in [1.54, 1.807) is 11.1 Å². The Morgan fingerprint density at radius 2 is 2.53 bits per heavy atom. The van der Waals surface area contributed by atoms with Crippen LogP contribution in [0.2, 0.25) is 0 Å². The molecule has 0 spiro atoms. The van der Waals surface area contributed by atoms with Crippen molar-refractivity contribution in [1.29, 1.82) is 0 Å². The maximum Gasteiger partial charge on any atom is 0.265 e. The number of likely N-dealkylation sites (tertiary alicyclic amines) is 1. The quantitative estimate of drug-likeness (QED) is 0.870. The number of likely N-dealkylation sites (N-methyl/N-ethyl adjacent to an activating group) is 2. The van der Waals surface area contributed by atoms with Crippen LogP contribution in [0, 0.1) is 0 Å². The minimum atomic E-state index is 0.0134. The summed E-state index contributed by atoms with van der Waals surface area (Å²) in [6.45, 7) is 1.90. The van der Waals surface area contributed by atoms with Crippen LogP contribution in [0.4, 0.5) is 5.13 Å². The number of thiazole rings is 1. The molecule has 0 aliphatic carbocycles. The van der Waals surface area contributed by atoms with Gasteiger partial charge >= 0.3 is 0 Å². The highest BCUT2D eigenvalue weighted by molar-refractivity contribution is 7.17. The lowest BCUT2D eigenvalue weighted by atomic mass is 10.2. The molecule has 1 aliphatic rings. The molecule has 1 aromatic heterocycles. The van der Waals surface area contributed by atoms with Crippen LogP contribution < -0.4 is 5.73 Å². The zero-order valence-corrected chi connectivity index (χ0v) is 11.0. The molecular weight excluding hydrogens is 236 g/mol. The first-order valence-electron chi connectivity index (χ1n) is 5.75. The summed E-state index contributed by atoms with van der Waals surface area (Å²) in [4.78, 5) is 20.7. The molecule has 17 heavy (non-hydrogen) atoms. The van der Waals surface area contributed by atoms with E-state index in [9.17, 15) is 4.79 Å². The van der Waals surface area contributed by atoms with Crippen molar-refractivity contribution in [3.8, 4) is 0 Å². The van der Waals surface area contributed by atoms with Gasteiger partial charge in [-0.1, -0.05) is 11.3 Å². The van der Waals surface area contributed by atoms with Crippen LogP contribution in [-0.4, -0.2) is 53.9 Å². The summed E-state index contributed by atoms with van der Waals surface area (Å²) in [5.74, 6) is 0.0134. The Hall–Kier alpha value is -1.14. The molecule has 6 heteroatoms. The third-order valence-electron chi connectivity index (χ3n) is 3.24. The molecule has 1 aromatic rings. The fourth-order valence-electron chi connectivity index (χ4n) is 2.18. The smallest absolute Gasteiger partial charge is 0.265 e. The van der Waals surface area contributed by atoms with E-state index in [0.29, 0.717) is 16.1 Å². The van der Waals surface area contributed by atoms with Gasteiger partial charge in [0.05, 0.1) is 6.20 Å². The van der Waals surface area contributed by atoms with Crippen LogP contribution in [0.25, 0.3) is 0 Å². The maximum absolute atomic E-state index is 12.1. The first-order chi connectivity index (χ1) is 8.08. The Kier molecular flexibility index (Phi) is 3.63. The second-order valence-corrected chi connectivity index (χ2v) is 5.59. The van der Waals surface area contributed by atoms with E-state index in [2.05, 4.69) is 16.9 Å². The molecule has 0 aromatic carbocycles. The lowest BCUT2D eigenvalue weighted by molar-refractivity contribution is 0.0766. The molecule has 0 saturated carbocycles. The molecule has 0 bridgehead atoms. The van der Waals surface area contributed by atoms with Crippen molar-refractivity contribution >= 4 is 22.4 Å². The Morgan fingerprint density at radius 1 is 1.76 bits per heavy atom. The van der Waals surface area contributed by atoms with E-state index in [1.807, 2.05) is 7.05 Å². The topological polar surface area (TPSA) is 62.5 Å². The van der Waals surface area contributed by atoms with Gasteiger partial charge in [0.15, 0.2) is 5.13 Å². The van der Waals surface area contributed by atoms with Crippen molar-refractivity contribution in [2.24, 2.45) is 0 Å². The predicted molar refractivity (Wildman–Crippen MR) is 69.1 cm³/mol. The van der Waals surface area contributed by atoms with E-state index in [1.165, 1.54) is 24.2 Å². The molecule has 5 nitrogen and oxygen atoms in total. The Labute approximate surface area is 105 Å².